The van der Waals surface area contributed by atoms with Gasteiger partial charge in [-0.05, 0) is 38.5 Å². The quantitative estimate of drug-likeness (QED) is 0.637. The van der Waals surface area contributed by atoms with Gasteiger partial charge in [0.05, 0.1) is 0 Å². The lowest BCUT2D eigenvalue weighted by Crippen LogP contribution is -2.36. The molecular weight excluding hydrogens is 184 g/mol. The fraction of sp³-hybridized carbons (Fsp3) is 0.786. The van der Waals surface area contributed by atoms with Crippen molar-refractivity contribution in [2.45, 2.75) is 59.8 Å². The van der Waals surface area contributed by atoms with Gasteiger partial charge in [-0.3, -0.25) is 4.79 Å². The summed E-state index contributed by atoms with van der Waals surface area (Å²) >= 11 is 0. The molecule has 0 aliphatic heterocycles. The van der Waals surface area contributed by atoms with Gasteiger partial charge in [0.25, 0.3) is 0 Å². The summed E-state index contributed by atoms with van der Waals surface area (Å²) in [6, 6.07) is 0. The smallest absolute Gasteiger partial charge is 0.136 e. The first-order valence-electron chi connectivity index (χ1n) is 6.15. The van der Waals surface area contributed by atoms with Crippen molar-refractivity contribution in [3.63, 3.8) is 0 Å². The molecule has 86 valence electrons. The fourth-order valence-corrected chi connectivity index (χ4v) is 2.60. The summed E-state index contributed by atoms with van der Waals surface area (Å²) in [5.74, 6) is 0.759. The molecule has 1 unspecified atom stereocenters. The highest BCUT2D eigenvalue weighted by Crippen LogP contribution is 2.43. The molecule has 0 amide bonds. The third-order valence-electron chi connectivity index (χ3n) is 3.97. The number of hydrogen-bond donors (Lipinski definition) is 0. The Morgan fingerprint density at radius 1 is 1.53 bits per heavy atom. The number of allylic oxidation sites excluding steroid dienone is 2. The molecule has 0 bridgehead atoms. The molecule has 2 atom stereocenters. The van der Waals surface area contributed by atoms with Crippen LogP contribution in [0.4, 0.5) is 0 Å². The number of carbonyl (C=O) groups is 1. The van der Waals surface area contributed by atoms with E-state index < -0.39 is 0 Å². The molecule has 0 saturated heterocycles. The molecule has 0 N–H and O–H groups in total. The van der Waals surface area contributed by atoms with Crippen molar-refractivity contribution in [3.8, 4) is 0 Å². The van der Waals surface area contributed by atoms with E-state index in [-0.39, 0.29) is 11.3 Å². The van der Waals surface area contributed by atoms with Gasteiger partial charge in [-0.1, -0.05) is 31.9 Å². The van der Waals surface area contributed by atoms with Crippen molar-refractivity contribution in [1.82, 2.24) is 0 Å². The second-order valence-electron chi connectivity index (χ2n) is 5.40. The summed E-state index contributed by atoms with van der Waals surface area (Å²) in [4.78, 5) is 12.0. The minimum atomic E-state index is 0.251. The molecule has 1 aliphatic carbocycles. The Hall–Kier alpha value is -0.590. The zero-order valence-electron chi connectivity index (χ0n) is 10.6. The maximum atomic E-state index is 12.0. The van der Waals surface area contributed by atoms with Gasteiger partial charge < -0.3 is 0 Å². The van der Waals surface area contributed by atoms with Gasteiger partial charge >= 0.3 is 0 Å². The Balaban J connectivity index is 2.78. The van der Waals surface area contributed by atoms with Crippen LogP contribution in [-0.4, -0.2) is 5.78 Å². The molecule has 1 nitrogen and oxygen atoms in total. The van der Waals surface area contributed by atoms with Crippen molar-refractivity contribution < 1.29 is 4.79 Å². The van der Waals surface area contributed by atoms with Crippen LogP contribution in [0.25, 0.3) is 0 Å². The number of hydrogen-bond acceptors (Lipinski definition) is 1. The minimum Gasteiger partial charge on any atom is -0.299 e. The van der Waals surface area contributed by atoms with Crippen LogP contribution in [0.1, 0.15) is 59.8 Å². The molecule has 0 radical (unpaired) electrons. The summed E-state index contributed by atoms with van der Waals surface area (Å²) in [5, 5.41) is 0. The predicted molar refractivity (Wildman–Crippen MR) is 64.8 cm³/mol. The van der Waals surface area contributed by atoms with Crippen LogP contribution in [0.15, 0.2) is 11.6 Å². The molecule has 0 spiro atoms. The van der Waals surface area contributed by atoms with Crippen LogP contribution in [0.5, 0.6) is 0 Å². The number of rotatable bonds is 3. The number of ketones is 1. The van der Waals surface area contributed by atoms with Gasteiger partial charge in [-0.2, -0.15) is 0 Å². The van der Waals surface area contributed by atoms with Gasteiger partial charge in [-0.15, -0.1) is 0 Å². The molecule has 0 heterocycles. The average Bonchev–Trinajstić information content (AvgIpc) is 2.16. The SMILES string of the molecule is CC[C@]1(C)CCCC(=O)C1CC=C(C)C. The van der Waals surface area contributed by atoms with E-state index in [9.17, 15) is 4.79 Å². The highest BCUT2D eigenvalue weighted by molar-refractivity contribution is 5.82. The third kappa shape index (κ3) is 2.93. The Bertz CT molecular complexity index is 261. The Morgan fingerprint density at radius 3 is 2.73 bits per heavy atom. The standard InChI is InChI=1S/C14H24O/c1-5-14(4)10-6-7-13(15)12(14)9-8-11(2)3/h8,12H,5-7,9-10H2,1-4H3/t12?,14-/m1/s1. The topological polar surface area (TPSA) is 17.1 Å². The van der Waals surface area contributed by atoms with E-state index in [4.69, 9.17) is 0 Å². The highest BCUT2D eigenvalue weighted by atomic mass is 16.1. The third-order valence-corrected chi connectivity index (χ3v) is 3.97. The molecule has 0 aromatic heterocycles. The molecule has 1 saturated carbocycles. The van der Waals surface area contributed by atoms with Crippen LogP contribution in [0.2, 0.25) is 0 Å². The van der Waals surface area contributed by atoms with Crippen molar-refractivity contribution in [2.75, 3.05) is 0 Å². The van der Waals surface area contributed by atoms with E-state index in [0.717, 1.165) is 25.7 Å². The second-order valence-corrected chi connectivity index (χ2v) is 5.40. The molecule has 0 aromatic carbocycles. The summed E-state index contributed by atoms with van der Waals surface area (Å²) in [6.45, 7) is 8.72. The van der Waals surface area contributed by atoms with Crippen molar-refractivity contribution >= 4 is 5.78 Å². The summed E-state index contributed by atoms with van der Waals surface area (Å²) in [7, 11) is 0. The maximum absolute atomic E-state index is 12.0. The van der Waals surface area contributed by atoms with Crippen LogP contribution in [-0.2, 0) is 4.79 Å². The van der Waals surface area contributed by atoms with E-state index in [1.54, 1.807) is 0 Å². The van der Waals surface area contributed by atoms with Crippen LogP contribution in [0, 0.1) is 11.3 Å². The number of carbonyl (C=O) groups excluding carboxylic acids is 1. The van der Waals surface area contributed by atoms with E-state index in [0.29, 0.717) is 5.78 Å². The first-order valence-corrected chi connectivity index (χ1v) is 6.15. The zero-order valence-corrected chi connectivity index (χ0v) is 10.6. The van der Waals surface area contributed by atoms with Gasteiger partial charge in [0.15, 0.2) is 0 Å². The molecule has 1 heteroatoms. The molecule has 0 aromatic rings. The molecule has 1 aliphatic rings. The van der Waals surface area contributed by atoms with E-state index in [1.807, 2.05) is 0 Å². The van der Waals surface area contributed by atoms with Crippen LogP contribution in [0.3, 0.4) is 0 Å². The van der Waals surface area contributed by atoms with Gasteiger partial charge in [0.2, 0.25) is 0 Å². The summed E-state index contributed by atoms with van der Waals surface area (Å²) < 4.78 is 0. The monoisotopic (exact) mass is 208 g/mol. The van der Waals surface area contributed by atoms with E-state index in [1.165, 1.54) is 12.0 Å². The highest BCUT2D eigenvalue weighted by Gasteiger charge is 2.39. The normalized spacial score (nSPS) is 31.5. The predicted octanol–water partition coefficient (Wildman–Crippen LogP) is 4.13. The first-order chi connectivity index (χ1) is 6.99. The largest absolute Gasteiger partial charge is 0.299 e. The summed E-state index contributed by atoms with van der Waals surface area (Å²) in [6.07, 6.45) is 7.41. The molecule has 15 heavy (non-hydrogen) atoms. The Morgan fingerprint density at radius 2 is 2.20 bits per heavy atom. The molecule has 1 fully saturated rings. The van der Waals surface area contributed by atoms with Crippen LogP contribution >= 0.6 is 0 Å². The van der Waals surface area contributed by atoms with E-state index in [2.05, 4.69) is 33.8 Å². The van der Waals surface area contributed by atoms with Gasteiger partial charge in [0.1, 0.15) is 5.78 Å². The first kappa shape index (κ1) is 12.5. The lowest BCUT2D eigenvalue weighted by molar-refractivity contribution is -0.130. The Kier molecular flexibility index (Phi) is 4.12. The zero-order chi connectivity index (χ0) is 11.5. The fourth-order valence-electron chi connectivity index (χ4n) is 2.60. The second kappa shape index (κ2) is 4.96. The van der Waals surface area contributed by atoms with Gasteiger partial charge in [0, 0.05) is 12.3 Å². The van der Waals surface area contributed by atoms with E-state index >= 15 is 0 Å². The molecular formula is C14H24O. The maximum Gasteiger partial charge on any atom is 0.136 e. The minimum absolute atomic E-state index is 0.251. The lowest BCUT2D eigenvalue weighted by Gasteiger charge is -2.39. The Labute approximate surface area is 93.9 Å². The van der Waals surface area contributed by atoms with Crippen molar-refractivity contribution in [3.05, 3.63) is 11.6 Å². The van der Waals surface area contributed by atoms with Gasteiger partial charge in [-0.25, -0.2) is 0 Å². The number of Topliss-reactive ketones (excluding diaryl/α,β-unsaturated/α-hetero) is 1. The lowest BCUT2D eigenvalue weighted by atomic mass is 9.64. The molecule has 1 rings (SSSR count). The average molecular weight is 208 g/mol. The van der Waals surface area contributed by atoms with Crippen molar-refractivity contribution in [2.24, 2.45) is 11.3 Å². The summed E-state index contributed by atoms with van der Waals surface area (Å²) in [5.41, 5.74) is 1.58. The van der Waals surface area contributed by atoms with Crippen molar-refractivity contribution in [1.29, 1.82) is 0 Å². The van der Waals surface area contributed by atoms with Crippen LogP contribution < -0.4 is 0 Å².